The minimum atomic E-state index is -0.317. The van der Waals surface area contributed by atoms with Gasteiger partial charge in [-0.2, -0.15) is 5.26 Å². The van der Waals surface area contributed by atoms with Gasteiger partial charge >= 0.3 is 0 Å². The molecule has 1 saturated carbocycles. The molecule has 1 atom stereocenters. The third kappa shape index (κ3) is 4.95. The van der Waals surface area contributed by atoms with Crippen molar-refractivity contribution in [3.8, 4) is 6.07 Å². The summed E-state index contributed by atoms with van der Waals surface area (Å²) in [6.07, 6.45) is 5.79. The highest BCUT2D eigenvalue weighted by molar-refractivity contribution is 5.06. The Hall–Kier alpha value is -0.630. The van der Waals surface area contributed by atoms with Crippen LogP contribution in [-0.4, -0.2) is 60.1 Å². The van der Waals surface area contributed by atoms with E-state index in [0.29, 0.717) is 6.04 Å². The largest absolute Gasteiger partial charge is 0.300 e. The highest BCUT2D eigenvalue weighted by Gasteiger charge is 2.33. The van der Waals surface area contributed by atoms with E-state index in [-0.39, 0.29) is 11.1 Å². The monoisotopic (exact) mass is 292 g/mol. The smallest absolute Gasteiger partial charge is 0.104 e. The normalized spacial score (nSPS) is 26.2. The van der Waals surface area contributed by atoms with Crippen LogP contribution in [0.15, 0.2) is 0 Å². The van der Waals surface area contributed by atoms with E-state index >= 15 is 0 Å². The Kier molecular flexibility index (Phi) is 5.29. The van der Waals surface area contributed by atoms with Crippen molar-refractivity contribution in [2.24, 2.45) is 0 Å². The molecule has 0 bridgehead atoms. The number of unbranched alkanes of at least 4 members (excludes halogenated alkanes) is 1. The minimum Gasteiger partial charge on any atom is -0.300 e. The maximum absolute atomic E-state index is 9.38. The molecule has 0 radical (unpaired) electrons. The van der Waals surface area contributed by atoms with Gasteiger partial charge in [-0.1, -0.05) is 0 Å². The number of nitriles is 1. The maximum Gasteiger partial charge on any atom is 0.104 e. The molecule has 0 aromatic carbocycles. The number of hydrogen-bond donors (Lipinski definition) is 1. The van der Waals surface area contributed by atoms with Crippen LogP contribution in [0.1, 0.15) is 52.9 Å². The number of nitrogens with one attached hydrogen (secondary N) is 1. The first-order chi connectivity index (χ1) is 9.85. The van der Waals surface area contributed by atoms with Gasteiger partial charge in [-0.05, 0) is 66.5 Å². The van der Waals surface area contributed by atoms with E-state index in [2.05, 4.69) is 49.0 Å². The summed E-state index contributed by atoms with van der Waals surface area (Å²) in [5, 5.41) is 12.9. The zero-order chi connectivity index (χ0) is 15.5. The van der Waals surface area contributed by atoms with Crippen molar-refractivity contribution in [3.05, 3.63) is 0 Å². The molecule has 21 heavy (non-hydrogen) atoms. The molecule has 2 fully saturated rings. The predicted molar refractivity (Wildman–Crippen MR) is 87.2 cm³/mol. The van der Waals surface area contributed by atoms with E-state index in [4.69, 9.17) is 0 Å². The van der Waals surface area contributed by atoms with Crippen molar-refractivity contribution in [3.63, 3.8) is 0 Å². The second-order valence-corrected chi connectivity index (χ2v) is 7.83. The van der Waals surface area contributed by atoms with Crippen molar-refractivity contribution in [1.82, 2.24) is 15.1 Å². The standard InChI is InChI=1S/C17H32N4/c1-16(2)14-21(12-11-20(16)4)10-6-5-9-17(3,13-18)19-15-7-8-15/h15,19H,5-12,14H2,1-4H3. The maximum atomic E-state index is 9.38. The van der Waals surface area contributed by atoms with Crippen molar-refractivity contribution < 1.29 is 0 Å². The van der Waals surface area contributed by atoms with Crippen LogP contribution in [0, 0.1) is 11.3 Å². The highest BCUT2D eigenvalue weighted by Crippen LogP contribution is 2.25. The van der Waals surface area contributed by atoms with Crippen LogP contribution < -0.4 is 5.32 Å². The highest BCUT2D eigenvalue weighted by atomic mass is 15.3. The van der Waals surface area contributed by atoms with Crippen LogP contribution in [0.25, 0.3) is 0 Å². The molecule has 120 valence electrons. The van der Waals surface area contributed by atoms with E-state index in [1.807, 2.05) is 0 Å². The van der Waals surface area contributed by atoms with Gasteiger partial charge in [-0.3, -0.25) is 10.2 Å². The lowest BCUT2D eigenvalue weighted by atomic mass is 9.95. The summed E-state index contributed by atoms with van der Waals surface area (Å²) >= 11 is 0. The van der Waals surface area contributed by atoms with E-state index in [1.54, 1.807) is 0 Å². The number of piperazine rings is 1. The lowest BCUT2D eigenvalue weighted by molar-refractivity contribution is 0.0391. The Labute approximate surface area is 130 Å². The molecule has 2 rings (SSSR count). The molecule has 0 aromatic rings. The second kappa shape index (κ2) is 6.64. The zero-order valence-corrected chi connectivity index (χ0v) is 14.3. The van der Waals surface area contributed by atoms with E-state index in [1.165, 1.54) is 32.4 Å². The summed E-state index contributed by atoms with van der Waals surface area (Å²) in [6, 6.07) is 3.08. The lowest BCUT2D eigenvalue weighted by Gasteiger charge is -2.45. The van der Waals surface area contributed by atoms with E-state index in [0.717, 1.165) is 25.9 Å². The first-order valence-electron chi connectivity index (χ1n) is 8.47. The van der Waals surface area contributed by atoms with Crippen LogP contribution >= 0.6 is 0 Å². The van der Waals surface area contributed by atoms with Crippen LogP contribution in [0.2, 0.25) is 0 Å². The average Bonchev–Trinajstić information content (AvgIpc) is 3.22. The van der Waals surface area contributed by atoms with Gasteiger partial charge in [-0.25, -0.2) is 0 Å². The van der Waals surface area contributed by atoms with Crippen molar-refractivity contribution in [1.29, 1.82) is 5.26 Å². The van der Waals surface area contributed by atoms with Gasteiger partial charge in [0.15, 0.2) is 0 Å². The Morgan fingerprint density at radius 2 is 2.00 bits per heavy atom. The van der Waals surface area contributed by atoms with Crippen molar-refractivity contribution in [2.45, 2.75) is 70.0 Å². The molecule has 0 spiro atoms. The van der Waals surface area contributed by atoms with Crippen molar-refractivity contribution >= 4 is 0 Å². The minimum absolute atomic E-state index is 0.285. The molecule has 1 N–H and O–H groups in total. The summed E-state index contributed by atoms with van der Waals surface area (Å²) in [6.45, 7) is 11.4. The molecule has 0 aromatic heterocycles. The van der Waals surface area contributed by atoms with Gasteiger partial charge < -0.3 is 4.90 Å². The fourth-order valence-corrected chi connectivity index (χ4v) is 3.18. The van der Waals surface area contributed by atoms with Gasteiger partial charge in [0.25, 0.3) is 0 Å². The fraction of sp³-hybridized carbons (Fsp3) is 0.941. The number of nitrogens with zero attached hydrogens (tertiary/aromatic N) is 3. The summed E-state index contributed by atoms with van der Waals surface area (Å²) in [7, 11) is 2.22. The Morgan fingerprint density at radius 1 is 1.29 bits per heavy atom. The predicted octanol–water partition coefficient (Wildman–Crippen LogP) is 2.22. The first kappa shape index (κ1) is 16.7. The van der Waals surface area contributed by atoms with E-state index < -0.39 is 0 Å². The van der Waals surface area contributed by atoms with Gasteiger partial charge in [0.1, 0.15) is 5.54 Å². The Balaban J connectivity index is 1.66. The summed E-state index contributed by atoms with van der Waals surface area (Å²) in [4.78, 5) is 5.04. The quantitative estimate of drug-likeness (QED) is 0.731. The lowest BCUT2D eigenvalue weighted by Crippen LogP contribution is -2.57. The molecule has 1 aliphatic carbocycles. The Morgan fingerprint density at radius 3 is 2.57 bits per heavy atom. The third-order valence-corrected chi connectivity index (χ3v) is 5.14. The van der Waals surface area contributed by atoms with Crippen LogP contribution in [-0.2, 0) is 0 Å². The van der Waals surface area contributed by atoms with Gasteiger partial charge in [0, 0.05) is 31.2 Å². The number of hydrogen-bond acceptors (Lipinski definition) is 4. The third-order valence-electron chi connectivity index (χ3n) is 5.14. The van der Waals surface area contributed by atoms with Crippen LogP contribution in [0.5, 0.6) is 0 Å². The van der Waals surface area contributed by atoms with Gasteiger partial charge in [-0.15, -0.1) is 0 Å². The fourth-order valence-electron chi connectivity index (χ4n) is 3.18. The van der Waals surface area contributed by atoms with Crippen LogP contribution in [0.3, 0.4) is 0 Å². The number of likely N-dealkylation sites (N-methyl/N-ethyl adjacent to an activating group) is 1. The first-order valence-corrected chi connectivity index (χ1v) is 8.47. The topological polar surface area (TPSA) is 42.3 Å². The summed E-state index contributed by atoms with van der Waals surface area (Å²) < 4.78 is 0. The molecule has 1 saturated heterocycles. The molecule has 4 heteroatoms. The molecule has 4 nitrogen and oxygen atoms in total. The van der Waals surface area contributed by atoms with E-state index in [9.17, 15) is 5.26 Å². The molecule has 0 amide bonds. The van der Waals surface area contributed by atoms with Crippen molar-refractivity contribution in [2.75, 3.05) is 33.2 Å². The van der Waals surface area contributed by atoms with Crippen LogP contribution in [0.4, 0.5) is 0 Å². The molecule has 1 heterocycles. The molecular weight excluding hydrogens is 260 g/mol. The molecular formula is C17H32N4. The summed E-state index contributed by atoms with van der Waals surface area (Å²) in [5.74, 6) is 0. The summed E-state index contributed by atoms with van der Waals surface area (Å²) in [5.41, 5.74) is -0.0322. The SMILES string of the molecule is CN1CCN(CCCCC(C)(C#N)NC2CC2)CC1(C)C. The zero-order valence-electron chi connectivity index (χ0n) is 14.3. The Bertz CT molecular complexity index is 383. The molecule has 1 aliphatic heterocycles. The molecule has 1 unspecified atom stereocenters. The molecule has 2 aliphatic rings. The van der Waals surface area contributed by atoms with Gasteiger partial charge in [0.2, 0.25) is 0 Å². The second-order valence-electron chi connectivity index (χ2n) is 7.83. The number of rotatable bonds is 7. The average molecular weight is 292 g/mol. The van der Waals surface area contributed by atoms with Gasteiger partial charge in [0.05, 0.1) is 6.07 Å².